The molecule has 0 saturated heterocycles. The minimum Gasteiger partial charge on any atom is -0.384 e. The van der Waals surface area contributed by atoms with Crippen LogP contribution in [0.1, 0.15) is 104 Å². The summed E-state index contributed by atoms with van der Waals surface area (Å²) in [6.45, 7) is 36.0. The largest absolute Gasteiger partial charge is 0.384 e. The summed E-state index contributed by atoms with van der Waals surface area (Å²) in [5.41, 5.74) is 14.9. The molecule has 0 amide bonds. The van der Waals surface area contributed by atoms with Crippen LogP contribution in [0, 0.1) is 13.8 Å². The topological polar surface area (TPSA) is 36.8 Å². The van der Waals surface area contributed by atoms with E-state index in [1.54, 1.807) is 0 Å². The fourth-order valence-corrected chi connectivity index (χ4v) is 4.61. The molecule has 0 spiro atoms. The van der Waals surface area contributed by atoms with Gasteiger partial charge in [-0.05, 0) is 82.4 Å². The number of hydrogen-bond acceptors (Lipinski definition) is 3. The van der Waals surface area contributed by atoms with Crippen molar-refractivity contribution in [2.45, 2.75) is 96.6 Å². The lowest BCUT2D eigenvalue weighted by atomic mass is 9.96. The highest BCUT2D eigenvalue weighted by Gasteiger charge is 2.18. The summed E-state index contributed by atoms with van der Waals surface area (Å²) in [7, 11) is 0. The smallest absolute Gasteiger partial charge is 0.0725 e. The summed E-state index contributed by atoms with van der Waals surface area (Å²) >= 11 is 0. The van der Waals surface area contributed by atoms with Gasteiger partial charge >= 0.3 is 0 Å². The van der Waals surface area contributed by atoms with Gasteiger partial charge in [0.25, 0.3) is 0 Å². The van der Waals surface area contributed by atoms with Gasteiger partial charge in [0.15, 0.2) is 0 Å². The van der Waals surface area contributed by atoms with Crippen LogP contribution in [-0.4, -0.2) is 18.0 Å². The van der Waals surface area contributed by atoms with Gasteiger partial charge in [0, 0.05) is 34.6 Å². The van der Waals surface area contributed by atoms with Crippen molar-refractivity contribution in [3.63, 3.8) is 0 Å². The second-order valence-corrected chi connectivity index (χ2v) is 10.9. The van der Waals surface area contributed by atoms with Gasteiger partial charge in [-0.2, -0.15) is 0 Å². The van der Waals surface area contributed by atoms with Crippen molar-refractivity contribution in [2.75, 3.05) is 6.54 Å². The Morgan fingerprint density at radius 1 is 0.792 bits per heavy atom. The third kappa shape index (κ3) is 14.5. The summed E-state index contributed by atoms with van der Waals surface area (Å²) < 4.78 is 0. The highest BCUT2D eigenvalue weighted by Crippen LogP contribution is 2.25. The third-order valence-electron chi connectivity index (χ3n) is 7.24. The van der Waals surface area contributed by atoms with E-state index in [0.717, 1.165) is 52.6 Å². The van der Waals surface area contributed by atoms with E-state index < -0.39 is 0 Å². The van der Waals surface area contributed by atoms with Crippen molar-refractivity contribution in [1.82, 2.24) is 5.32 Å². The first-order chi connectivity index (χ1) is 23.1. The molecule has 1 aliphatic rings. The first kappa shape index (κ1) is 43.5. The Labute approximate surface area is 294 Å². The Balaban J connectivity index is 0.000000885. The van der Waals surface area contributed by atoms with Gasteiger partial charge in [0.2, 0.25) is 0 Å². The number of nitrogens with one attached hydrogen (secondary N) is 1. The molecule has 1 aliphatic heterocycles. The van der Waals surface area contributed by atoms with Gasteiger partial charge in [-0.15, -0.1) is 0 Å². The number of rotatable bonds is 9. The Morgan fingerprint density at radius 2 is 1.35 bits per heavy atom. The molecule has 0 fully saturated rings. The highest BCUT2D eigenvalue weighted by atomic mass is 14.9. The van der Waals surface area contributed by atoms with E-state index in [4.69, 9.17) is 4.99 Å². The molecule has 3 aromatic rings. The highest BCUT2D eigenvalue weighted by molar-refractivity contribution is 6.17. The van der Waals surface area contributed by atoms with E-state index in [9.17, 15) is 0 Å². The van der Waals surface area contributed by atoms with E-state index in [1.807, 2.05) is 86.6 Å². The summed E-state index contributed by atoms with van der Waals surface area (Å²) in [5, 5.41) is 3.50. The van der Waals surface area contributed by atoms with E-state index in [1.165, 1.54) is 33.4 Å². The van der Waals surface area contributed by atoms with E-state index in [-0.39, 0.29) is 0 Å². The molecule has 48 heavy (non-hydrogen) atoms. The number of hydrogen-bond donors (Lipinski definition) is 1. The molecule has 0 bridgehead atoms. The molecule has 0 radical (unpaired) electrons. The second-order valence-electron chi connectivity index (χ2n) is 10.9. The Kier molecular flexibility index (Phi) is 22.3. The van der Waals surface area contributed by atoms with Gasteiger partial charge in [-0.25, -0.2) is 0 Å². The van der Waals surface area contributed by atoms with Crippen LogP contribution in [0.4, 0.5) is 0 Å². The maximum absolute atomic E-state index is 4.89. The van der Waals surface area contributed by atoms with Crippen molar-refractivity contribution in [3.05, 3.63) is 166 Å². The lowest BCUT2D eigenvalue weighted by Gasteiger charge is -2.11. The minimum atomic E-state index is 0.796. The monoisotopic (exact) mass is 646 g/mol. The molecule has 3 nitrogen and oxygen atoms in total. The number of aryl methyl sites for hydroxylation is 2. The lowest BCUT2D eigenvalue weighted by molar-refractivity contribution is 0.813. The standard InChI is InChI=1S/C25H30N2.C14H15N.3C2H6/c1-7-19(3)22(6)27-25(24-11-9-8-10-20(24)4)16-21(5)26-17-23-14-12-18(2)13-15-23;1-10(2)13-11(3)9-15-14(13)12-7-5-4-6-8-12;3*1-2/h7-16,26H,1,17H2,2-6H3;4-8H,1,9H2,2-3H3;3*1-2H3/b21-16+,22-19+,27-25-;;;;. The van der Waals surface area contributed by atoms with E-state index in [0.29, 0.717) is 0 Å². The van der Waals surface area contributed by atoms with E-state index >= 15 is 0 Å². The van der Waals surface area contributed by atoms with Crippen molar-refractivity contribution in [2.24, 2.45) is 9.98 Å². The quantitative estimate of drug-likeness (QED) is 0.182. The summed E-state index contributed by atoms with van der Waals surface area (Å²) in [5.74, 6) is 0. The zero-order valence-electron chi connectivity index (χ0n) is 32.4. The fourth-order valence-electron chi connectivity index (χ4n) is 4.61. The molecule has 1 N–H and O–H groups in total. The number of aliphatic imine (C=N–C) groups is 2. The summed E-state index contributed by atoms with van der Waals surface area (Å²) in [4.78, 5) is 9.46. The van der Waals surface area contributed by atoms with Crippen LogP contribution in [0.3, 0.4) is 0 Å². The average Bonchev–Trinajstić information content (AvgIpc) is 3.52. The average molecular weight is 646 g/mol. The summed E-state index contributed by atoms with van der Waals surface area (Å²) in [6, 6.07) is 27.3. The van der Waals surface area contributed by atoms with Gasteiger partial charge in [0.1, 0.15) is 0 Å². The lowest BCUT2D eigenvalue weighted by Crippen LogP contribution is -2.13. The predicted molar refractivity (Wildman–Crippen MR) is 217 cm³/mol. The van der Waals surface area contributed by atoms with Crippen LogP contribution in [0.5, 0.6) is 0 Å². The van der Waals surface area contributed by atoms with Crippen molar-refractivity contribution in [1.29, 1.82) is 0 Å². The maximum atomic E-state index is 4.89. The van der Waals surface area contributed by atoms with Crippen LogP contribution in [0.2, 0.25) is 0 Å². The Hall–Kier alpha value is -4.50. The molecule has 4 rings (SSSR count). The molecule has 0 atom stereocenters. The number of nitrogens with zero attached hydrogens (tertiary/aromatic N) is 2. The fraction of sp³-hybridized carbons (Fsp3) is 0.333. The number of benzene rings is 3. The molecular weight excluding hydrogens is 583 g/mol. The van der Waals surface area contributed by atoms with Crippen LogP contribution in [0.25, 0.3) is 0 Å². The van der Waals surface area contributed by atoms with Crippen LogP contribution in [0.15, 0.2) is 148 Å². The Bertz CT molecular complexity index is 1560. The van der Waals surface area contributed by atoms with Crippen molar-refractivity contribution in [3.8, 4) is 0 Å². The molecule has 3 heteroatoms. The molecule has 0 unspecified atom stereocenters. The molecule has 1 heterocycles. The minimum absolute atomic E-state index is 0.796. The maximum Gasteiger partial charge on any atom is 0.0725 e. The van der Waals surface area contributed by atoms with Crippen LogP contribution < -0.4 is 5.32 Å². The molecule has 3 aromatic carbocycles. The molecule has 258 valence electrons. The molecule has 0 aromatic heterocycles. The van der Waals surface area contributed by atoms with Crippen molar-refractivity contribution < 1.29 is 0 Å². The predicted octanol–water partition coefficient (Wildman–Crippen LogP) is 12.7. The second kappa shape index (κ2) is 24.6. The zero-order valence-corrected chi connectivity index (χ0v) is 32.4. The van der Waals surface area contributed by atoms with Gasteiger partial charge in [0.05, 0.1) is 18.0 Å². The van der Waals surface area contributed by atoms with Gasteiger partial charge in [-0.1, -0.05) is 145 Å². The first-order valence-corrected chi connectivity index (χ1v) is 17.5. The normalized spacial score (nSPS) is 12.6. The SMILES string of the molecule is C=C(C)C1=C(C)CN=C1c1ccccc1.C=C/C(C)=C(C)/N=C(/C=C(\C)NCc1ccc(C)cc1)c1ccccc1C.CC.CC.CC. The first-order valence-electron chi connectivity index (χ1n) is 17.5. The van der Waals surface area contributed by atoms with Crippen LogP contribution in [-0.2, 0) is 6.54 Å². The molecule has 0 saturated carbocycles. The van der Waals surface area contributed by atoms with Gasteiger partial charge in [-0.3, -0.25) is 9.98 Å². The number of allylic oxidation sites excluding steroid dienone is 7. The van der Waals surface area contributed by atoms with Crippen LogP contribution >= 0.6 is 0 Å². The molecular formula is C45H63N3. The Morgan fingerprint density at radius 3 is 1.90 bits per heavy atom. The van der Waals surface area contributed by atoms with Gasteiger partial charge < -0.3 is 5.32 Å². The zero-order chi connectivity index (χ0) is 36.6. The molecule has 0 aliphatic carbocycles. The van der Waals surface area contributed by atoms with E-state index in [2.05, 4.69) is 118 Å². The summed E-state index contributed by atoms with van der Waals surface area (Å²) in [6.07, 6.45) is 3.97. The third-order valence-corrected chi connectivity index (χ3v) is 7.24. The van der Waals surface area contributed by atoms with Crippen molar-refractivity contribution >= 4 is 11.4 Å².